The molecule has 1 atom stereocenters. The summed E-state index contributed by atoms with van der Waals surface area (Å²) in [5, 5.41) is 4.57. The minimum absolute atomic E-state index is 0.332. The van der Waals surface area contributed by atoms with Crippen LogP contribution in [0.5, 0.6) is 5.75 Å². The molecule has 1 unspecified atom stereocenters. The number of halogens is 1. The fourth-order valence-electron chi connectivity index (χ4n) is 4.13. The number of anilines is 1. The zero-order chi connectivity index (χ0) is 27.5. The molecular weight excluding hydrogens is 534 g/mol. The van der Waals surface area contributed by atoms with Gasteiger partial charge in [0, 0.05) is 47.7 Å². The van der Waals surface area contributed by atoms with Crippen molar-refractivity contribution >= 4 is 45.8 Å². The van der Waals surface area contributed by atoms with Crippen molar-refractivity contribution in [1.82, 2.24) is 24.4 Å². The van der Waals surface area contributed by atoms with Gasteiger partial charge in [-0.25, -0.2) is 15.0 Å². The third-order valence-electron chi connectivity index (χ3n) is 6.17. The van der Waals surface area contributed by atoms with E-state index in [9.17, 15) is 4.79 Å². The number of primary amides is 1. The molecule has 0 radical (unpaired) electrons. The molecule has 3 heterocycles. The van der Waals surface area contributed by atoms with Gasteiger partial charge in [0.2, 0.25) is 5.95 Å². The molecule has 0 saturated heterocycles. The van der Waals surface area contributed by atoms with Crippen molar-refractivity contribution in [1.29, 1.82) is 0 Å². The first-order valence-electron chi connectivity index (χ1n) is 12.3. The summed E-state index contributed by atoms with van der Waals surface area (Å²) in [6, 6.07) is 15.2. The Labute approximate surface area is 235 Å². The average Bonchev–Trinajstić information content (AvgIpc) is 3.53. The van der Waals surface area contributed by atoms with E-state index >= 15 is 0 Å². The van der Waals surface area contributed by atoms with Crippen molar-refractivity contribution < 1.29 is 9.53 Å². The van der Waals surface area contributed by atoms with E-state index in [4.69, 9.17) is 22.1 Å². The number of likely N-dealkylation sites (N-methyl/N-ethyl adjacent to an activating group) is 1. The molecule has 9 nitrogen and oxygen atoms in total. The Kier molecular flexibility index (Phi) is 7.78. The van der Waals surface area contributed by atoms with Gasteiger partial charge in [-0.05, 0) is 44.8 Å². The number of imidazole rings is 1. The number of fused-ring (bicyclic) bond motifs is 1. The normalized spacial score (nSPS) is 12.1. The summed E-state index contributed by atoms with van der Waals surface area (Å²) in [7, 11) is 4.04. The summed E-state index contributed by atoms with van der Waals surface area (Å²) in [5.74, 6) is 0.444. The summed E-state index contributed by atoms with van der Waals surface area (Å²) in [5.41, 5.74) is 10.0. The Balaban J connectivity index is 1.39. The van der Waals surface area contributed by atoms with Crippen LogP contribution in [0.3, 0.4) is 0 Å². The number of carbonyl (C=O) groups is 1. The lowest BCUT2D eigenvalue weighted by atomic mass is 10.1. The number of hydrogen-bond acceptors (Lipinski definition) is 8. The lowest BCUT2D eigenvalue weighted by Crippen LogP contribution is -2.21. The molecule has 200 valence electrons. The topological polar surface area (TPSA) is 111 Å². The van der Waals surface area contributed by atoms with Crippen molar-refractivity contribution in [2.75, 3.05) is 32.5 Å². The number of amides is 1. The van der Waals surface area contributed by atoms with Crippen molar-refractivity contribution in [3.8, 4) is 21.9 Å². The van der Waals surface area contributed by atoms with Gasteiger partial charge in [0.25, 0.3) is 5.91 Å². The Morgan fingerprint density at radius 1 is 1.13 bits per heavy atom. The Morgan fingerprint density at radius 2 is 1.90 bits per heavy atom. The molecule has 0 spiro atoms. The van der Waals surface area contributed by atoms with E-state index in [1.807, 2.05) is 68.1 Å². The van der Waals surface area contributed by atoms with E-state index in [2.05, 4.69) is 25.2 Å². The number of ether oxygens (including phenoxy) is 1. The second kappa shape index (κ2) is 11.4. The monoisotopic (exact) mass is 561 g/mol. The summed E-state index contributed by atoms with van der Waals surface area (Å²) < 4.78 is 8.07. The molecule has 0 saturated carbocycles. The van der Waals surface area contributed by atoms with Crippen LogP contribution in [0.2, 0.25) is 5.02 Å². The molecule has 5 rings (SSSR count). The molecule has 0 fully saturated rings. The minimum Gasteiger partial charge on any atom is -0.484 e. The number of nitrogens with two attached hydrogens (primary N) is 1. The zero-order valence-electron chi connectivity index (χ0n) is 21.8. The van der Waals surface area contributed by atoms with E-state index in [0.717, 1.165) is 45.8 Å². The maximum absolute atomic E-state index is 12.2. The Hall–Kier alpha value is -3.99. The standard InChI is InChI=1S/C28H28ClN7O2S/c1-17(20-6-4-5-7-21(20)29)38-24-13-25(39-26(24)27(30)37)36-16-34-22-12-18(8-9-23(22)36)19-14-32-28(33-15-19)31-10-11-35(2)3/h4-9,12-17H,10-11H2,1-3H3,(H2,30,37)(H,31,32,33). The summed E-state index contributed by atoms with van der Waals surface area (Å²) >= 11 is 7.59. The fraction of sp³-hybridized carbons (Fsp3) is 0.214. The predicted molar refractivity (Wildman–Crippen MR) is 156 cm³/mol. The molecule has 3 N–H and O–H groups in total. The third-order valence-corrected chi connectivity index (χ3v) is 7.64. The number of aromatic nitrogens is 4. The van der Waals surface area contributed by atoms with Crippen LogP contribution in [0.1, 0.15) is 28.3 Å². The van der Waals surface area contributed by atoms with Crippen LogP contribution in [0, 0.1) is 0 Å². The maximum Gasteiger partial charge on any atom is 0.262 e. The molecule has 39 heavy (non-hydrogen) atoms. The summed E-state index contributed by atoms with van der Waals surface area (Å²) in [6.07, 6.45) is 4.94. The van der Waals surface area contributed by atoms with Crippen LogP contribution in [-0.4, -0.2) is 57.5 Å². The van der Waals surface area contributed by atoms with Gasteiger partial charge in [-0.1, -0.05) is 35.9 Å². The molecule has 11 heteroatoms. The minimum atomic E-state index is -0.557. The van der Waals surface area contributed by atoms with Crippen LogP contribution in [-0.2, 0) is 0 Å². The van der Waals surface area contributed by atoms with Crippen molar-refractivity contribution in [3.63, 3.8) is 0 Å². The summed E-state index contributed by atoms with van der Waals surface area (Å²) in [6.45, 7) is 3.54. The van der Waals surface area contributed by atoms with E-state index in [1.54, 1.807) is 24.8 Å². The molecule has 0 aliphatic heterocycles. The quantitative estimate of drug-likeness (QED) is 0.234. The highest BCUT2D eigenvalue weighted by molar-refractivity contribution is 7.16. The summed E-state index contributed by atoms with van der Waals surface area (Å²) in [4.78, 5) is 28.1. The first kappa shape index (κ1) is 26.6. The molecule has 0 aliphatic carbocycles. The number of nitrogens with zero attached hydrogens (tertiary/aromatic N) is 5. The second-order valence-electron chi connectivity index (χ2n) is 9.27. The second-order valence-corrected chi connectivity index (χ2v) is 10.7. The number of rotatable bonds is 10. The van der Waals surface area contributed by atoms with Crippen molar-refractivity contribution in [2.24, 2.45) is 5.73 Å². The SMILES string of the molecule is CC(Oc1cc(-n2cnc3cc(-c4cnc(NCCN(C)C)nc4)ccc32)sc1C(N)=O)c1ccccc1Cl. The van der Waals surface area contributed by atoms with E-state index in [-0.39, 0.29) is 6.10 Å². The molecule has 0 bridgehead atoms. The molecular formula is C28H28ClN7O2S. The van der Waals surface area contributed by atoms with Gasteiger partial charge in [0.05, 0.1) is 11.0 Å². The van der Waals surface area contributed by atoms with Gasteiger partial charge in [0.1, 0.15) is 28.1 Å². The van der Waals surface area contributed by atoms with Gasteiger partial charge >= 0.3 is 0 Å². The Morgan fingerprint density at radius 3 is 2.62 bits per heavy atom. The lowest BCUT2D eigenvalue weighted by Gasteiger charge is -2.16. The third kappa shape index (κ3) is 5.88. The number of benzene rings is 2. The zero-order valence-corrected chi connectivity index (χ0v) is 23.3. The van der Waals surface area contributed by atoms with Gasteiger partial charge in [-0.3, -0.25) is 9.36 Å². The molecule has 3 aromatic heterocycles. The molecule has 1 amide bonds. The van der Waals surface area contributed by atoms with Crippen LogP contribution in [0.25, 0.3) is 27.2 Å². The van der Waals surface area contributed by atoms with E-state index in [0.29, 0.717) is 21.6 Å². The molecule has 0 aliphatic rings. The molecule has 5 aromatic rings. The highest BCUT2D eigenvalue weighted by Gasteiger charge is 2.21. The van der Waals surface area contributed by atoms with Gasteiger partial charge < -0.3 is 20.7 Å². The van der Waals surface area contributed by atoms with Crippen molar-refractivity contribution in [2.45, 2.75) is 13.0 Å². The largest absolute Gasteiger partial charge is 0.484 e. The number of thiophene rings is 1. The van der Waals surface area contributed by atoms with E-state index < -0.39 is 5.91 Å². The number of hydrogen-bond donors (Lipinski definition) is 2. The lowest BCUT2D eigenvalue weighted by molar-refractivity contribution is 0.0998. The fourth-order valence-corrected chi connectivity index (χ4v) is 5.34. The van der Waals surface area contributed by atoms with Gasteiger partial charge in [0.15, 0.2) is 0 Å². The van der Waals surface area contributed by atoms with Gasteiger partial charge in [-0.2, -0.15) is 0 Å². The number of nitrogens with one attached hydrogen (secondary N) is 1. The first-order valence-corrected chi connectivity index (χ1v) is 13.5. The van der Waals surface area contributed by atoms with Crippen LogP contribution < -0.4 is 15.8 Å². The smallest absolute Gasteiger partial charge is 0.262 e. The average molecular weight is 562 g/mol. The highest BCUT2D eigenvalue weighted by Crippen LogP contribution is 2.37. The van der Waals surface area contributed by atoms with Gasteiger partial charge in [-0.15, -0.1) is 11.3 Å². The molecule has 2 aromatic carbocycles. The Bertz CT molecular complexity index is 1610. The highest BCUT2D eigenvalue weighted by atomic mass is 35.5. The first-order chi connectivity index (χ1) is 18.8. The maximum atomic E-state index is 12.2. The van der Waals surface area contributed by atoms with Crippen molar-refractivity contribution in [3.05, 3.63) is 82.7 Å². The van der Waals surface area contributed by atoms with Crippen LogP contribution >= 0.6 is 22.9 Å². The van der Waals surface area contributed by atoms with E-state index in [1.165, 1.54) is 11.3 Å². The predicted octanol–water partition coefficient (Wildman–Crippen LogP) is 5.41. The number of carbonyl (C=O) groups excluding carboxylic acids is 1. The van der Waals surface area contributed by atoms with Crippen LogP contribution in [0.15, 0.2) is 67.3 Å². The van der Waals surface area contributed by atoms with Crippen LogP contribution in [0.4, 0.5) is 5.95 Å².